The monoisotopic (exact) mass is 478 g/mol. The highest BCUT2D eigenvalue weighted by Crippen LogP contribution is 2.22. The molecule has 186 valence electrons. The lowest BCUT2D eigenvalue weighted by Crippen LogP contribution is -2.56. The normalized spacial score (nSPS) is 15.4. The summed E-state index contributed by atoms with van der Waals surface area (Å²) < 4.78 is 14.9. The summed E-state index contributed by atoms with van der Waals surface area (Å²) >= 11 is 0. The van der Waals surface area contributed by atoms with Crippen LogP contribution in [0.5, 0.6) is 0 Å². The van der Waals surface area contributed by atoms with E-state index < -0.39 is 54.7 Å². The van der Waals surface area contributed by atoms with E-state index in [0.29, 0.717) is 0 Å². The Labute approximate surface area is 197 Å². The van der Waals surface area contributed by atoms with Gasteiger partial charge in [0.05, 0.1) is 7.11 Å². The number of hydrogen-bond donors (Lipinski definition) is 2. The first-order valence-electron chi connectivity index (χ1n) is 10.6. The molecule has 0 spiro atoms. The zero-order valence-corrected chi connectivity index (χ0v) is 19.7. The quantitative estimate of drug-likeness (QED) is 0.436. The highest BCUT2D eigenvalue weighted by Gasteiger charge is 2.43. The summed E-state index contributed by atoms with van der Waals surface area (Å²) in [6.45, 7) is 4.09. The molecule has 2 N–H and O–H groups in total. The Bertz CT molecular complexity index is 900. The Morgan fingerprint density at radius 2 is 1.71 bits per heavy atom. The highest BCUT2D eigenvalue weighted by atomic mass is 16.6. The fourth-order valence-corrected chi connectivity index (χ4v) is 3.04. The molecule has 4 amide bonds. The minimum absolute atomic E-state index is 0.00711. The Balaban J connectivity index is 2.04. The number of methoxy groups -OCH3 is 1. The number of carbonyl (C=O) groups excluding carboxylic acids is 5. The molecule has 1 aromatic rings. The summed E-state index contributed by atoms with van der Waals surface area (Å²) in [5, 5.41) is 6.63. The molecule has 1 aliphatic heterocycles. The van der Waals surface area contributed by atoms with Crippen molar-refractivity contribution in [3.8, 4) is 0 Å². The van der Waals surface area contributed by atoms with Gasteiger partial charge in [0.2, 0.25) is 5.91 Å². The van der Waals surface area contributed by atoms with Crippen LogP contribution in [-0.4, -0.2) is 78.4 Å². The van der Waals surface area contributed by atoms with Crippen LogP contribution < -0.4 is 10.6 Å². The molecule has 1 aromatic carbocycles. The number of carbonyl (C=O) groups is 5. The van der Waals surface area contributed by atoms with Crippen molar-refractivity contribution in [3.63, 3.8) is 0 Å². The van der Waals surface area contributed by atoms with E-state index in [2.05, 4.69) is 15.4 Å². The number of amides is 4. The van der Waals surface area contributed by atoms with Crippen LogP contribution in [0.4, 0.5) is 9.59 Å². The predicted molar refractivity (Wildman–Crippen MR) is 118 cm³/mol. The molecule has 0 aromatic heterocycles. The van der Waals surface area contributed by atoms with Gasteiger partial charge >= 0.3 is 18.2 Å². The molecule has 1 saturated heterocycles. The molecule has 1 atom stereocenters. The Kier molecular flexibility index (Phi) is 9.22. The predicted octanol–water partition coefficient (Wildman–Crippen LogP) is 0.955. The van der Waals surface area contributed by atoms with Gasteiger partial charge in [-0.3, -0.25) is 14.4 Å². The van der Waals surface area contributed by atoms with Gasteiger partial charge in [0.15, 0.2) is 0 Å². The highest BCUT2D eigenvalue weighted by molar-refractivity contribution is 5.92. The summed E-state index contributed by atoms with van der Waals surface area (Å²) in [6.07, 6.45) is -1.56. The second-order valence-corrected chi connectivity index (χ2v) is 8.36. The molecule has 12 heteroatoms. The van der Waals surface area contributed by atoms with Crippen LogP contribution in [0.25, 0.3) is 0 Å². The lowest BCUT2D eigenvalue weighted by atomic mass is 10.2. The van der Waals surface area contributed by atoms with Gasteiger partial charge in [-0.25, -0.2) is 19.6 Å². The molecule has 1 heterocycles. The molecule has 1 unspecified atom stereocenters. The number of nitrogens with one attached hydrogen (secondary N) is 2. The maximum Gasteiger partial charge on any atom is 0.429 e. The average Bonchev–Trinajstić information content (AvgIpc) is 3.24. The zero-order valence-electron chi connectivity index (χ0n) is 19.7. The van der Waals surface area contributed by atoms with Crippen LogP contribution in [0.15, 0.2) is 30.3 Å². The minimum atomic E-state index is -1.09. The number of hydrogen-bond acceptors (Lipinski definition) is 8. The van der Waals surface area contributed by atoms with Gasteiger partial charge < -0.3 is 24.8 Å². The summed E-state index contributed by atoms with van der Waals surface area (Å²) in [6, 6.07) is 7.88. The molecule has 0 radical (unpaired) electrons. The van der Waals surface area contributed by atoms with Crippen LogP contribution in [-0.2, 0) is 35.2 Å². The van der Waals surface area contributed by atoms with E-state index in [0.717, 1.165) is 15.6 Å². The van der Waals surface area contributed by atoms with Crippen molar-refractivity contribution < 1.29 is 38.2 Å². The second kappa shape index (κ2) is 11.9. The number of alkyl carbamates (subject to hydrolysis) is 1. The van der Waals surface area contributed by atoms with Crippen LogP contribution in [0.2, 0.25) is 0 Å². The first-order valence-corrected chi connectivity index (χ1v) is 10.6. The topological polar surface area (TPSA) is 144 Å². The number of nitrogens with zero attached hydrogens (tertiary/aromatic N) is 2. The number of esters is 1. The summed E-state index contributed by atoms with van der Waals surface area (Å²) in [5.41, 5.74) is -0.0711. The second-order valence-electron chi connectivity index (χ2n) is 8.36. The van der Waals surface area contributed by atoms with E-state index in [1.165, 1.54) is 7.11 Å². The summed E-state index contributed by atoms with van der Waals surface area (Å²) in [4.78, 5) is 61.6. The van der Waals surface area contributed by atoms with Crippen LogP contribution in [0.1, 0.15) is 32.8 Å². The van der Waals surface area contributed by atoms with Gasteiger partial charge in [-0.05, 0) is 32.8 Å². The standard InChI is InChI=1S/C22H30N4O8/c1-22(2,3)34-21(31)25-11-10-16(19(29)23-13-18(28)32-4)26(25)17(27)12-24-20(30)33-14-15-8-6-5-7-9-15/h5-9,16H,10-14H2,1-4H3,(H,23,29)(H,24,30). The Morgan fingerprint density at radius 1 is 1.03 bits per heavy atom. The first-order chi connectivity index (χ1) is 16.0. The maximum atomic E-state index is 12.9. The molecule has 0 bridgehead atoms. The van der Waals surface area contributed by atoms with Gasteiger partial charge in [0.25, 0.3) is 5.91 Å². The molecule has 2 rings (SSSR count). The summed E-state index contributed by atoms with van der Waals surface area (Å²) in [5.74, 6) is -2.06. The fraction of sp³-hybridized carbons (Fsp3) is 0.500. The molecular formula is C22H30N4O8. The molecule has 1 fully saturated rings. The molecule has 0 saturated carbocycles. The van der Waals surface area contributed by atoms with Crippen molar-refractivity contribution in [2.24, 2.45) is 0 Å². The largest absolute Gasteiger partial charge is 0.468 e. The van der Waals surface area contributed by atoms with Gasteiger partial charge in [-0.2, -0.15) is 0 Å². The van der Waals surface area contributed by atoms with E-state index in [1.54, 1.807) is 45.0 Å². The number of ether oxygens (including phenoxy) is 3. The van der Waals surface area contributed by atoms with E-state index in [9.17, 15) is 24.0 Å². The molecule has 0 aliphatic carbocycles. The van der Waals surface area contributed by atoms with Crippen LogP contribution >= 0.6 is 0 Å². The third-order valence-electron chi connectivity index (χ3n) is 4.56. The minimum Gasteiger partial charge on any atom is -0.468 e. The lowest BCUT2D eigenvalue weighted by Gasteiger charge is -2.33. The van der Waals surface area contributed by atoms with E-state index in [1.807, 2.05) is 6.07 Å². The molecule has 34 heavy (non-hydrogen) atoms. The number of benzene rings is 1. The lowest BCUT2D eigenvalue weighted by molar-refractivity contribution is -0.151. The van der Waals surface area contributed by atoms with E-state index in [-0.39, 0.29) is 19.6 Å². The Hall–Kier alpha value is -3.83. The molecule has 1 aliphatic rings. The molecular weight excluding hydrogens is 448 g/mol. The van der Waals surface area contributed by atoms with Crippen LogP contribution in [0.3, 0.4) is 0 Å². The summed E-state index contributed by atoms with van der Waals surface area (Å²) in [7, 11) is 1.17. The van der Waals surface area contributed by atoms with Crippen molar-refractivity contribution in [2.45, 2.75) is 45.4 Å². The van der Waals surface area contributed by atoms with Crippen molar-refractivity contribution in [1.82, 2.24) is 20.7 Å². The smallest absolute Gasteiger partial charge is 0.429 e. The van der Waals surface area contributed by atoms with Gasteiger partial charge in [0.1, 0.15) is 31.3 Å². The fourth-order valence-electron chi connectivity index (χ4n) is 3.04. The van der Waals surface area contributed by atoms with Gasteiger partial charge in [0, 0.05) is 6.54 Å². The third kappa shape index (κ3) is 7.94. The average molecular weight is 479 g/mol. The molecule has 12 nitrogen and oxygen atoms in total. The van der Waals surface area contributed by atoms with E-state index in [4.69, 9.17) is 9.47 Å². The van der Waals surface area contributed by atoms with Crippen molar-refractivity contribution in [1.29, 1.82) is 0 Å². The van der Waals surface area contributed by atoms with E-state index >= 15 is 0 Å². The maximum absolute atomic E-state index is 12.9. The van der Waals surface area contributed by atoms with Crippen molar-refractivity contribution in [3.05, 3.63) is 35.9 Å². The SMILES string of the molecule is COC(=O)CNC(=O)C1CCN(C(=O)OC(C)(C)C)N1C(=O)CNC(=O)OCc1ccccc1. The van der Waals surface area contributed by atoms with Crippen LogP contribution in [0, 0.1) is 0 Å². The Morgan fingerprint density at radius 3 is 2.32 bits per heavy atom. The third-order valence-corrected chi connectivity index (χ3v) is 4.56. The van der Waals surface area contributed by atoms with Crippen molar-refractivity contribution >= 4 is 30.0 Å². The van der Waals surface area contributed by atoms with Gasteiger partial charge in [-0.15, -0.1) is 0 Å². The zero-order chi connectivity index (χ0) is 25.3. The van der Waals surface area contributed by atoms with Crippen molar-refractivity contribution in [2.75, 3.05) is 26.7 Å². The number of hydrazine groups is 1. The van der Waals surface area contributed by atoms with Gasteiger partial charge in [-0.1, -0.05) is 30.3 Å². The first kappa shape index (κ1) is 26.4. The number of rotatable bonds is 7.